The molecule has 5 N–H and O–H groups in total. The lowest BCUT2D eigenvalue weighted by Gasteiger charge is -2.44. The first-order valence-electron chi connectivity index (χ1n) is 15.2. The summed E-state index contributed by atoms with van der Waals surface area (Å²) in [7, 11) is 0. The Labute approximate surface area is 242 Å². The third-order valence-corrected chi connectivity index (χ3v) is 10.5. The fourth-order valence-electron chi connectivity index (χ4n) is 7.08. The highest BCUT2D eigenvalue weighted by atomic mass is 32.2. The second-order valence-electron chi connectivity index (χ2n) is 12.7. The van der Waals surface area contributed by atoms with Gasteiger partial charge in [-0.1, -0.05) is 26.0 Å². The number of rotatable bonds is 6. The van der Waals surface area contributed by atoms with E-state index in [1.54, 1.807) is 0 Å². The fraction of sp³-hybridized carbons (Fsp3) is 0.897. The molecule has 0 saturated carbocycles. The van der Waals surface area contributed by atoms with Gasteiger partial charge in [-0.2, -0.15) is 0 Å². The molecule has 5 rings (SSSR count). The molecular weight excluding hydrogens is 534 g/mol. The zero-order chi connectivity index (χ0) is 28.2. The molecule has 5 aliphatic heterocycles. The van der Waals surface area contributed by atoms with Crippen LogP contribution in [0.2, 0.25) is 0 Å². The van der Waals surface area contributed by atoms with Crippen molar-refractivity contribution in [1.29, 1.82) is 0 Å². The van der Waals surface area contributed by atoms with Crippen molar-refractivity contribution in [2.45, 2.75) is 87.6 Å². The van der Waals surface area contributed by atoms with Crippen LogP contribution in [0.25, 0.3) is 0 Å². The van der Waals surface area contributed by atoms with Gasteiger partial charge in [0, 0.05) is 38.5 Å². The maximum absolute atomic E-state index is 13.7. The average Bonchev–Trinajstić information content (AvgIpc) is 3.22. The highest BCUT2D eigenvalue weighted by Crippen LogP contribution is 2.35. The Morgan fingerprint density at radius 1 is 1.12 bits per heavy atom. The Balaban J connectivity index is 1.28. The third kappa shape index (κ3) is 7.41. The summed E-state index contributed by atoms with van der Waals surface area (Å²) in [6.07, 6.45) is 3.05. The summed E-state index contributed by atoms with van der Waals surface area (Å²) in [4.78, 5) is 16.1. The number of carbonyl (C=O) groups excluding carboxylic acids is 1. The first-order valence-corrected chi connectivity index (χ1v) is 16.3. The molecule has 1 amide bonds. The highest BCUT2D eigenvalue weighted by Gasteiger charge is 2.49. The van der Waals surface area contributed by atoms with Crippen LogP contribution < -0.4 is 10.6 Å². The number of carbonyl (C=O) groups is 1. The van der Waals surface area contributed by atoms with Crippen molar-refractivity contribution in [1.82, 2.24) is 15.5 Å². The zero-order valence-corrected chi connectivity index (χ0v) is 24.7. The third-order valence-electron chi connectivity index (χ3n) is 9.15. The van der Waals surface area contributed by atoms with Gasteiger partial charge in [0.25, 0.3) is 0 Å². The maximum atomic E-state index is 13.7. The number of aliphatic hydroxyl groups is 3. The van der Waals surface area contributed by atoms with E-state index in [1.165, 1.54) is 18.2 Å². The Kier molecular flexibility index (Phi) is 10.8. The molecular formula is C29H49N3O7S. The number of morpholine rings is 1. The van der Waals surface area contributed by atoms with Crippen LogP contribution in [0, 0.1) is 23.7 Å². The first-order chi connectivity index (χ1) is 19.3. The molecule has 0 aromatic rings. The van der Waals surface area contributed by atoms with E-state index < -0.39 is 41.9 Å². The molecule has 5 unspecified atom stereocenters. The number of aliphatic hydroxyl groups excluding tert-OH is 3. The highest BCUT2D eigenvalue weighted by molar-refractivity contribution is 7.99. The number of nitrogens with one attached hydrogen (secondary N) is 2. The second-order valence-corrected chi connectivity index (χ2v) is 13.9. The number of fused-ring (bicyclic) bond motifs is 3. The molecule has 0 aromatic carbocycles. The molecule has 10 nitrogen and oxygen atoms in total. The zero-order valence-electron chi connectivity index (χ0n) is 23.9. The molecule has 0 radical (unpaired) electrons. The molecule has 40 heavy (non-hydrogen) atoms. The quantitative estimate of drug-likeness (QED) is 0.279. The van der Waals surface area contributed by atoms with Gasteiger partial charge in [-0.25, -0.2) is 0 Å². The topological polar surface area (TPSA) is 133 Å². The lowest BCUT2D eigenvalue weighted by atomic mass is 9.85. The van der Waals surface area contributed by atoms with Gasteiger partial charge >= 0.3 is 0 Å². The van der Waals surface area contributed by atoms with Gasteiger partial charge < -0.3 is 40.2 Å². The number of ether oxygens (including phenoxy) is 3. The van der Waals surface area contributed by atoms with Crippen molar-refractivity contribution in [3.8, 4) is 0 Å². The summed E-state index contributed by atoms with van der Waals surface area (Å²) in [6, 6.07) is -1.04. The Morgan fingerprint density at radius 3 is 2.70 bits per heavy atom. The molecule has 4 saturated heterocycles. The number of hydrogen-bond acceptors (Lipinski definition) is 10. The van der Waals surface area contributed by atoms with Crippen molar-refractivity contribution in [3.05, 3.63) is 12.2 Å². The summed E-state index contributed by atoms with van der Waals surface area (Å²) < 4.78 is 18.0. The van der Waals surface area contributed by atoms with E-state index in [4.69, 9.17) is 14.2 Å². The summed E-state index contributed by atoms with van der Waals surface area (Å²) in [5, 5.41) is 38.9. The minimum atomic E-state index is -1.35. The minimum Gasteiger partial charge on any atom is -0.388 e. The molecule has 0 aromatic heterocycles. The van der Waals surface area contributed by atoms with Gasteiger partial charge in [0.05, 0.1) is 25.4 Å². The van der Waals surface area contributed by atoms with Gasteiger partial charge in [-0.05, 0) is 49.4 Å². The van der Waals surface area contributed by atoms with E-state index in [1.807, 2.05) is 0 Å². The SMILES string of the molecule is CC(C)C[C@@H]1CCO[C@@H]2[C@H](CN[C@@H]2C(=O)N[C@@H]2C/C=C/[C@@H](CN3CCOCC3)CSC3OC2C(O)C(O)C3O)C1. The largest absolute Gasteiger partial charge is 0.388 e. The number of amides is 1. The second kappa shape index (κ2) is 14.1. The van der Waals surface area contributed by atoms with E-state index >= 15 is 0 Å². The van der Waals surface area contributed by atoms with Crippen LogP contribution in [0.4, 0.5) is 0 Å². The van der Waals surface area contributed by atoms with Gasteiger partial charge in [0.15, 0.2) is 0 Å². The van der Waals surface area contributed by atoms with Crippen LogP contribution in [0.3, 0.4) is 0 Å². The van der Waals surface area contributed by atoms with E-state index in [2.05, 4.69) is 41.5 Å². The number of nitrogens with zero attached hydrogens (tertiary/aromatic N) is 1. The summed E-state index contributed by atoms with van der Waals surface area (Å²) in [6.45, 7) is 10.0. The fourth-order valence-corrected chi connectivity index (χ4v) is 8.30. The summed E-state index contributed by atoms with van der Waals surface area (Å²) in [5.41, 5.74) is -0.696. The van der Waals surface area contributed by atoms with Gasteiger partial charge in [0.2, 0.25) is 5.91 Å². The van der Waals surface area contributed by atoms with Crippen LogP contribution in [-0.2, 0) is 19.0 Å². The van der Waals surface area contributed by atoms with Crippen molar-refractivity contribution >= 4 is 17.7 Å². The Bertz CT molecular complexity index is 859. The molecule has 5 aliphatic rings. The predicted molar refractivity (Wildman–Crippen MR) is 153 cm³/mol. The molecule has 0 spiro atoms. The summed E-state index contributed by atoms with van der Waals surface area (Å²) >= 11 is 1.46. The predicted octanol–water partition coefficient (Wildman–Crippen LogP) is 0.350. The van der Waals surface area contributed by atoms with E-state index in [-0.39, 0.29) is 17.9 Å². The molecule has 4 fully saturated rings. The maximum Gasteiger partial charge on any atom is 0.240 e. The average molecular weight is 584 g/mol. The van der Waals surface area contributed by atoms with E-state index in [0.717, 1.165) is 52.2 Å². The van der Waals surface area contributed by atoms with Crippen molar-refractivity contribution < 1.29 is 34.3 Å². The van der Waals surface area contributed by atoms with Crippen molar-refractivity contribution in [2.75, 3.05) is 51.8 Å². The van der Waals surface area contributed by atoms with Gasteiger partial charge in [-0.15, -0.1) is 11.8 Å². The lowest BCUT2D eigenvalue weighted by molar-refractivity contribution is -0.205. The van der Waals surface area contributed by atoms with Gasteiger partial charge in [0.1, 0.15) is 35.9 Å². The molecule has 228 valence electrons. The Hall–Kier alpha value is -0.760. The monoisotopic (exact) mass is 583 g/mol. The molecule has 11 heteroatoms. The molecule has 11 atom stereocenters. The smallest absolute Gasteiger partial charge is 0.240 e. The van der Waals surface area contributed by atoms with Crippen LogP contribution in [0.15, 0.2) is 12.2 Å². The van der Waals surface area contributed by atoms with Crippen LogP contribution in [0.5, 0.6) is 0 Å². The molecule has 2 bridgehead atoms. The standard InChI is InChI=1S/C29H49N3O7S/c1-17(2)12-18-6-9-38-26-20(13-18)14-30-22(26)28(36)31-21-5-3-4-19(15-32-7-10-37-11-8-32)16-40-29-25(35)23(33)24(34)27(21)39-29/h3-4,17-27,29-30,33-35H,5-16H2,1-2H3,(H,31,36)/b4-3+/t18-,19-,20-,21+,22-,23?,24?,25?,26+,27?,29?/m0/s1. The van der Waals surface area contributed by atoms with Crippen LogP contribution in [0.1, 0.15) is 39.5 Å². The van der Waals surface area contributed by atoms with E-state index in [0.29, 0.717) is 36.5 Å². The molecule has 0 aliphatic carbocycles. The first kappa shape index (κ1) is 30.7. The number of hydrogen-bond donors (Lipinski definition) is 5. The lowest BCUT2D eigenvalue weighted by Crippen LogP contribution is -2.64. The molecule has 5 heterocycles. The Morgan fingerprint density at radius 2 is 1.93 bits per heavy atom. The van der Waals surface area contributed by atoms with Crippen molar-refractivity contribution in [3.63, 3.8) is 0 Å². The van der Waals surface area contributed by atoms with E-state index in [9.17, 15) is 20.1 Å². The summed E-state index contributed by atoms with van der Waals surface area (Å²) in [5.74, 6) is 2.30. The van der Waals surface area contributed by atoms with Gasteiger partial charge in [-0.3, -0.25) is 9.69 Å². The van der Waals surface area contributed by atoms with Crippen LogP contribution >= 0.6 is 11.8 Å². The van der Waals surface area contributed by atoms with Crippen LogP contribution in [-0.4, -0.2) is 126 Å². The van der Waals surface area contributed by atoms with Crippen molar-refractivity contribution in [2.24, 2.45) is 23.7 Å². The number of thioether (sulfide) groups is 1. The normalized spacial score (nSPS) is 44.0. The minimum absolute atomic E-state index is 0.171.